The van der Waals surface area contributed by atoms with Crippen LogP contribution in [0, 0.1) is 23.0 Å². The molecule has 2 saturated heterocycles. The number of carbonyl (C=O) groups excluding carboxylic acids is 2. The first-order valence-electron chi connectivity index (χ1n) is 13.2. The van der Waals surface area contributed by atoms with Crippen LogP contribution in [0.5, 0.6) is 5.75 Å². The van der Waals surface area contributed by atoms with E-state index in [2.05, 4.69) is 4.90 Å². The maximum Gasteiger partial charge on any atom is 0.295 e. The SMILES string of the molecule is Cc1cc(C(O)=C2C(=O)C(=O)N(CCCN3CCOCC3)[C@@H]2c2cccc([N+](=O)[O-])c2)ccc1OCC(C)C. The van der Waals surface area contributed by atoms with Crippen molar-refractivity contribution in [3.8, 4) is 5.75 Å². The van der Waals surface area contributed by atoms with Crippen LogP contribution in [0.3, 0.4) is 0 Å². The van der Waals surface area contributed by atoms with Gasteiger partial charge in [-0.05, 0) is 48.6 Å². The van der Waals surface area contributed by atoms with Crippen LogP contribution in [0.25, 0.3) is 5.76 Å². The lowest BCUT2D eigenvalue weighted by Gasteiger charge is -2.29. The fourth-order valence-electron chi connectivity index (χ4n) is 4.93. The maximum absolute atomic E-state index is 13.3. The van der Waals surface area contributed by atoms with Crippen molar-refractivity contribution in [3.63, 3.8) is 0 Å². The minimum absolute atomic E-state index is 0.0814. The van der Waals surface area contributed by atoms with E-state index in [4.69, 9.17) is 9.47 Å². The first kappa shape index (κ1) is 28.3. The molecule has 2 fully saturated rings. The van der Waals surface area contributed by atoms with Crippen LogP contribution < -0.4 is 4.74 Å². The van der Waals surface area contributed by atoms with Crippen molar-refractivity contribution in [2.45, 2.75) is 33.2 Å². The van der Waals surface area contributed by atoms with Crippen molar-refractivity contribution >= 4 is 23.1 Å². The Kier molecular flexibility index (Phi) is 8.98. The number of Topliss-reactive ketones (excluding diaryl/α,β-unsaturated/α-hetero) is 1. The highest BCUT2D eigenvalue weighted by Gasteiger charge is 2.46. The normalized spacial score (nSPS) is 19.6. The number of nitro groups is 1. The van der Waals surface area contributed by atoms with Gasteiger partial charge in [-0.2, -0.15) is 0 Å². The van der Waals surface area contributed by atoms with E-state index in [1.54, 1.807) is 24.3 Å². The summed E-state index contributed by atoms with van der Waals surface area (Å²) in [7, 11) is 0. The number of morpholine rings is 1. The van der Waals surface area contributed by atoms with Gasteiger partial charge < -0.3 is 19.5 Å². The number of ketones is 1. The first-order valence-corrected chi connectivity index (χ1v) is 13.2. The smallest absolute Gasteiger partial charge is 0.295 e. The molecule has 2 aromatic carbocycles. The highest BCUT2D eigenvalue weighted by molar-refractivity contribution is 6.46. The number of hydrogen-bond acceptors (Lipinski definition) is 8. The molecular weight excluding hydrogens is 502 g/mol. The second-order valence-electron chi connectivity index (χ2n) is 10.3. The third kappa shape index (κ3) is 6.46. The van der Waals surface area contributed by atoms with Gasteiger partial charge in [-0.3, -0.25) is 24.6 Å². The summed E-state index contributed by atoms with van der Waals surface area (Å²) in [6.45, 7) is 10.3. The summed E-state index contributed by atoms with van der Waals surface area (Å²) in [4.78, 5) is 41.2. The number of non-ortho nitro benzene ring substituents is 1. The lowest BCUT2D eigenvalue weighted by molar-refractivity contribution is -0.384. The molecule has 1 amide bonds. The van der Waals surface area contributed by atoms with Gasteiger partial charge in [0.2, 0.25) is 0 Å². The van der Waals surface area contributed by atoms with Crippen LogP contribution >= 0.6 is 0 Å². The maximum atomic E-state index is 13.3. The molecule has 4 rings (SSSR count). The Morgan fingerprint density at radius 2 is 1.90 bits per heavy atom. The molecule has 1 atom stereocenters. The number of aryl methyl sites for hydroxylation is 1. The zero-order valence-corrected chi connectivity index (χ0v) is 22.6. The van der Waals surface area contributed by atoms with Gasteiger partial charge in [-0.15, -0.1) is 0 Å². The summed E-state index contributed by atoms with van der Waals surface area (Å²) >= 11 is 0. The van der Waals surface area contributed by atoms with Gasteiger partial charge in [0.25, 0.3) is 17.4 Å². The van der Waals surface area contributed by atoms with Crippen molar-refractivity contribution in [2.24, 2.45) is 5.92 Å². The standard InChI is InChI=1S/C29H35N3O7/c1-19(2)18-39-24-9-8-22(16-20(24)3)27(33)25-26(21-6-4-7-23(17-21)32(36)37)31(29(35)28(25)34)11-5-10-30-12-14-38-15-13-30/h4,6-9,16-17,19,26,33H,5,10-15,18H2,1-3H3/t26-/m1/s1. The molecule has 10 heteroatoms. The third-order valence-electron chi connectivity index (χ3n) is 6.93. The number of nitrogens with zero attached hydrogens (tertiary/aromatic N) is 3. The molecule has 0 radical (unpaired) electrons. The van der Waals surface area contributed by atoms with Gasteiger partial charge in [0, 0.05) is 43.9 Å². The van der Waals surface area contributed by atoms with Crippen molar-refractivity contribution in [1.82, 2.24) is 9.80 Å². The lowest BCUT2D eigenvalue weighted by Crippen LogP contribution is -2.39. The minimum atomic E-state index is -0.952. The molecule has 208 valence electrons. The average molecular weight is 538 g/mol. The number of ether oxygens (including phenoxy) is 2. The molecule has 0 spiro atoms. The summed E-state index contributed by atoms with van der Waals surface area (Å²) in [6, 6.07) is 10.0. The second-order valence-corrected chi connectivity index (χ2v) is 10.3. The van der Waals surface area contributed by atoms with Crippen LogP contribution in [0.2, 0.25) is 0 Å². The molecule has 10 nitrogen and oxygen atoms in total. The van der Waals surface area contributed by atoms with Gasteiger partial charge in [0.1, 0.15) is 11.5 Å². The second kappa shape index (κ2) is 12.4. The van der Waals surface area contributed by atoms with E-state index < -0.39 is 22.7 Å². The predicted molar refractivity (Wildman–Crippen MR) is 145 cm³/mol. The Balaban J connectivity index is 1.70. The zero-order chi connectivity index (χ0) is 28.1. The Labute approximate surface area is 228 Å². The number of amides is 1. The molecular formula is C29H35N3O7. The predicted octanol–water partition coefficient (Wildman–Crippen LogP) is 4.08. The van der Waals surface area contributed by atoms with Crippen LogP contribution in [0.15, 0.2) is 48.0 Å². The summed E-state index contributed by atoms with van der Waals surface area (Å²) in [5, 5.41) is 22.9. The molecule has 2 aromatic rings. The number of aliphatic hydroxyl groups excluding tert-OH is 1. The van der Waals surface area contributed by atoms with E-state index in [0.717, 1.165) is 18.7 Å². The van der Waals surface area contributed by atoms with E-state index in [1.165, 1.54) is 23.1 Å². The molecule has 0 aliphatic carbocycles. The van der Waals surface area contributed by atoms with Gasteiger partial charge in [-0.25, -0.2) is 0 Å². The van der Waals surface area contributed by atoms with Gasteiger partial charge >= 0.3 is 0 Å². The molecule has 0 bridgehead atoms. The van der Waals surface area contributed by atoms with E-state index >= 15 is 0 Å². The summed E-state index contributed by atoms with van der Waals surface area (Å²) < 4.78 is 11.2. The van der Waals surface area contributed by atoms with Crippen molar-refractivity contribution < 1.29 is 29.1 Å². The number of carbonyl (C=O) groups is 2. The molecule has 2 heterocycles. The number of nitro benzene ring substituents is 1. The van der Waals surface area contributed by atoms with E-state index in [1.807, 2.05) is 20.8 Å². The van der Waals surface area contributed by atoms with Crippen molar-refractivity contribution in [2.75, 3.05) is 46.0 Å². The molecule has 2 aliphatic heterocycles. The average Bonchev–Trinajstić information content (AvgIpc) is 3.17. The largest absolute Gasteiger partial charge is 0.507 e. The fourth-order valence-corrected chi connectivity index (χ4v) is 4.93. The molecule has 2 aliphatic rings. The summed E-state index contributed by atoms with van der Waals surface area (Å²) in [6.07, 6.45) is 0.597. The zero-order valence-electron chi connectivity index (χ0n) is 22.6. The number of hydrogen-bond donors (Lipinski definition) is 1. The highest BCUT2D eigenvalue weighted by atomic mass is 16.6. The number of benzene rings is 2. The van der Waals surface area contributed by atoms with Crippen molar-refractivity contribution in [3.05, 3.63) is 74.8 Å². The van der Waals surface area contributed by atoms with Crippen LogP contribution in [-0.2, 0) is 14.3 Å². The van der Waals surface area contributed by atoms with Gasteiger partial charge in [0.05, 0.1) is 36.4 Å². The molecule has 1 N–H and O–H groups in total. The topological polar surface area (TPSA) is 122 Å². The first-order chi connectivity index (χ1) is 18.7. The van der Waals surface area contributed by atoms with Crippen LogP contribution in [-0.4, -0.2) is 77.5 Å². The number of likely N-dealkylation sites (tertiary alicyclic amines) is 1. The Morgan fingerprint density at radius 1 is 1.15 bits per heavy atom. The molecule has 0 aromatic heterocycles. The minimum Gasteiger partial charge on any atom is -0.507 e. The molecule has 39 heavy (non-hydrogen) atoms. The third-order valence-corrected chi connectivity index (χ3v) is 6.93. The van der Waals surface area contributed by atoms with Gasteiger partial charge in [-0.1, -0.05) is 26.0 Å². The Morgan fingerprint density at radius 3 is 2.56 bits per heavy atom. The van der Waals surface area contributed by atoms with Crippen LogP contribution in [0.1, 0.15) is 43.0 Å². The van der Waals surface area contributed by atoms with Crippen LogP contribution in [0.4, 0.5) is 5.69 Å². The van der Waals surface area contributed by atoms with E-state index in [-0.39, 0.29) is 23.6 Å². The van der Waals surface area contributed by atoms with E-state index in [0.29, 0.717) is 55.6 Å². The monoisotopic (exact) mass is 537 g/mol. The quantitative estimate of drug-likeness (QED) is 0.158. The fraction of sp³-hybridized carbons (Fsp3) is 0.448. The Hall–Kier alpha value is -3.76. The van der Waals surface area contributed by atoms with E-state index in [9.17, 15) is 24.8 Å². The number of aliphatic hydroxyl groups is 1. The highest BCUT2D eigenvalue weighted by Crippen LogP contribution is 2.40. The Bertz CT molecular complexity index is 1270. The molecule has 0 unspecified atom stereocenters. The molecule has 0 saturated carbocycles. The lowest BCUT2D eigenvalue weighted by atomic mass is 9.94. The number of rotatable bonds is 10. The van der Waals surface area contributed by atoms with Gasteiger partial charge in [0.15, 0.2) is 0 Å². The summed E-state index contributed by atoms with van der Waals surface area (Å²) in [5.41, 5.74) is 1.29. The summed E-state index contributed by atoms with van der Waals surface area (Å²) in [5.74, 6) is -0.860. The van der Waals surface area contributed by atoms with Crippen molar-refractivity contribution in [1.29, 1.82) is 0 Å².